The van der Waals surface area contributed by atoms with Crippen LogP contribution >= 0.6 is 23.2 Å². The van der Waals surface area contributed by atoms with Crippen LogP contribution in [0.15, 0.2) is 27.4 Å². The Balaban J connectivity index is 3.06. The van der Waals surface area contributed by atoms with Gasteiger partial charge in [0.05, 0.1) is 10.4 Å². The van der Waals surface area contributed by atoms with Crippen molar-refractivity contribution < 1.29 is 9.21 Å². The van der Waals surface area contributed by atoms with Crippen molar-refractivity contribution in [1.29, 1.82) is 0 Å². The number of aldehydes is 1. The van der Waals surface area contributed by atoms with E-state index in [2.05, 4.69) is 0 Å². The topological polar surface area (TPSA) is 47.3 Å². The molecule has 0 bridgehead atoms. The molecule has 0 N–H and O–H groups in total. The number of benzene rings is 1. The van der Waals surface area contributed by atoms with Crippen LogP contribution in [0.1, 0.15) is 10.4 Å². The van der Waals surface area contributed by atoms with Crippen molar-refractivity contribution in [2.45, 2.75) is 0 Å². The predicted octanol–water partition coefficient (Wildman–Crippen LogP) is 2.91. The van der Waals surface area contributed by atoms with Crippen molar-refractivity contribution in [3.63, 3.8) is 0 Å². The van der Waals surface area contributed by atoms with Gasteiger partial charge in [0, 0.05) is 0 Å². The van der Waals surface area contributed by atoms with E-state index in [9.17, 15) is 9.59 Å². The van der Waals surface area contributed by atoms with E-state index in [0.717, 1.165) is 0 Å². The number of hydrogen-bond acceptors (Lipinski definition) is 3. The molecule has 0 atom stereocenters. The Labute approximate surface area is 94.2 Å². The lowest BCUT2D eigenvalue weighted by Crippen LogP contribution is -2.09. The highest BCUT2D eigenvalue weighted by Crippen LogP contribution is 2.24. The molecule has 0 saturated heterocycles. The molecule has 0 aliphatic rings. The molecule has 0 amide bonds. The quantitative estimate of drug-likeness (QED) is 0.723. The molecule has 2 aromatic rings. The first kappa shape index (κ1) is 10.2. The van der Waals surface area contributed by atoms with Crippen molar-refractivity contribution in [3.8, 4) is 0 Å². The summed E-state index contributed by atoms with van der Waals surface area (Å²) in [6.45, 7) is 0. The van der Waals surface area contributed by atoms with E-state index < -0.39 is 5.43 Å². The van der Waals surface area contributed by atoms with Gasteiger partial charge in [-0.05, 0) is 23.7 Å². The summed E-state index contributed by atoms with van der Waals surface area (Å²) in [5.41, 5.74) is -0.456. The zero-order valence-corrected chi connectivity index (χ0v) is 8.80. The molecule has 1 heterocycles. The Morgan fingerprint density at radius 2 is 2.00 bits per heavy atom. The van der Waals surface area contributed by atoms with Gasteiger partial charge in [0.15, 0.2) is 6.29 Å². The number of hydrogen-bond donors (Lipinski definition) is 0. The minimum Gasteiger partial charge on any atom is -0.444 e. The Bertz CT molecular complexity index is 601. The van der Waals surface area contributed by atoms with Crippen molar-refractivity contribution in [2.75, 3.05) is 0 Å². The first-order valence-corrected chi connectivity index (χ1v) is 4.76. The molecule has 1 aromatic carbocycles. The molecule has 0 fully saturated rings. The molecular formula is C10H4Cl2O3. The van der Waals surface area contributed by atoms with Crippen molar-refractivity contribution in [2.24, 2.45) is 0 Å². The molecule has 0 aliphatic carbocycles. The van der Waals surface area contributed by atoms with Crippen LogP contribution in [-0.2, 0) is 0 Å². The first-order chi connectivity index (χ1) is 7.15. The Morgan fingerprint density at radius 1 is 1.27 bits per heavy atom. The standard InChI is InChI=1S/C10H4Cl2O3/c11-6-2-1-3-7-8(6)9(14)5(4-13)10(12)15-7/h1-4H. The van der Waals surface area contributed by atoms with Crippen LogP contribution in [0.2, 0.25) is 10.2 Å². The van der Waals surface area contributed by atoms with Gasteiger partial charge in [0.25, 0.3) is 0 Å². The lowest BCUT2D eigenvalue weighted by Gasteiger charge is -2.01. The maximum atomic E-state index is 11.7. The normalized spacial score (nSPS) is 10.5. The van der Waals surface area contributed by atoms with Gasteiger partial charge in [0.1, 0.15) is 11.1 Å². The smallest absolute Gasteiger partial charge is 0.208 e. The van der Waals surface area contributed by atoms with E-state index in [1.165, 1.54) is 0 Å². The van der Waals surface area contributed by atoms with Gasteiger partial charge in [-0.1, -0.05) is 17.7 Å². The predicted molar refractivity (Wildman–Crippen MR) is 57.9 cm³/mol. The number of halogens is 2. The van der Waals surface area contributed by atoms with E-state index in [-0.39, 0.29) is 26.8 Å². The van der Waals surface area contributed by atoms with Gasteiger partial charge >= 0.3 is 0 Å². The van der Waals surface area contributed by atoms with Crippen LogP contribution in [0.3, 0.4) is 0 Å². The molecule has 15 heavy (non-hydrogen) atoms. The Kier molecular flexibility index (Phi) is 2.50. The fourth-order valence-corrected chi connectivity index (χ4v) is 1.75. The number of fused-ring (bicyclic) bond motifs is 1. The molecule has 5 heteroatoms. The minimum atomic E-state index is -0.512. The lowest BCUT2D eigenvalue weighted by atomic mass is 10.2. The van der Waals surface area contributed by atoms with Crippen LogP contribution in [0.5, 0.6) is 0 Å². The van der Waals surface area contributed by atoms with E-state index in [4.69, 9.17) is 27.6 Å². The van der Waals surface area contributed by atoms with Crippen LogP contribution in [-0.4, -0.2) is 6.29 Å². The van der Waals surface area contributed by atoms with E-state index in [1.54, 1.807) is 18.2 Å². The SMILES string of the molecule is O=Cc1c(Cl)oc2cccc(Cl)c2c1=O. The second-order valence-corrected chi connectivity index (χ2v) is 3.60. The molecule has 0 radical (unpaired) electrons. The largest absolute Gasteiger partial charge is 0.444 e. The number of carbonyl (C=O) groups excluding carboxylic acids is 1. The molecule has 76 valence electrons. The molecular weight excluding hydrogens is 239 g/mol. The molecule has 0 saturated carbocycles. The first-order valence-electron chi connectivity index (χ1n) is 4.01. The fourth-order valence-electron chi connectivity index (χ4n) is 1.29. The highest BCUT2D eigenvalue weighted by atomic mass is 35.5. The molecule has 0 unspecified atom stereocenters. The molecule has 2 rings (SSSR count). The highest BCUT2D eigenvalue weighted by molar-refractivity contribution is 6.36. The second kappa shape index (κ2) is 3.68. The summed E-state index contributed by atoms with van der Waals surface area (Å²) in [6.07, 6.45) is 0.358. The third-order valence-corrected chi connectivity index (χ3v) is 2.57. The van der Waals surface area contributed by atoms with E-state index in [1.807, 2.05) is 0 Å². The van der Waals surface area contributed by atoms with E-state index in [0.29, 0.717) is 6.29 Å². The third kappa shape index (κ3) is 1.54. The van der Waals surface area contributed by atoms with Crippen LogP contribution in [0, 0.1) is 0 Å². The summed E-state index contributed by atoms with van der Waals surface area (Å²) < 4.78 is 5.10. The summed E-state index contributed by atoms with van der Waals surface area (Å²) in [5.74, 6) is 0. The van der Waals surface area contributed by atoms with Gasteiger partial charge < -0.3 is 4.42 Å². The fraction of sp³-hybridized carbons (Fsp3) is 0. The molecule has 0 aliphatic heterocycles. The van der Waals surface area contributed by atoms with Crippen LogP contribution in [0.25, 0.3) is 11.0 Å². The van der Waals surface area contributed by atoms with Gasteiger partial charge in [-0.2, -0.15) is 0 Å². The van der Waals surface area contributed by atoms with Crippen molar-refractivity contribution in [3.05, 3.63) is 44.2 Å². The summed E-state index contributed by atoms with van der Waals surface area (Å²) in [7, 11) is 0. The second-order valence-electron chi connectivity index (χ2n) is 2.85. The monoisotopic (exact) mass is 242 g/mol. The summed E-state index contributed by atoms with van der Waals surface area (Å²) in [4.78, 5) is 22.4. The highest BCUT2D eigenvalue weighted by Gasteiger charge is 2.13. The maximum absolute atomic E-state index is 11.7. The Hall–Kier alpha value is -1.32. The third-order valence-electron chi connectivity index (χ3n) is 1.98. The zero-order chi connectivity index (χ0) is 11.0. The average molecular weight is 243 g/mol. The van der Waals surface area contributed by atoms with E-state index >= 15 is 0 Å². The number of carbonyl (C=O) groups is 1. The van der Waals surface area contributed by atoms with Crippen LogP contribution < -0.4 is 5.43 Å². The molecule has 1 aromatic heterocycles. The molecule has 0 spiro atoms. The van der Waals surface area contributed by atoms with Crippen molar-refractivity contribution in [1.82, 2.24) is 0 Å². The van der Waals surface area contributed by atoms with Gasteiger partial charge in [-0.15, -0.1) is 0 Å². The zero-order valence-electron chi connectivity index (χ0n) is 7.29. The number of rotatable bonds is 1. The van der Waals surface area contributed by atoms with Crippen molar-refractivity contribution >= 4 is 40.5 Å². The summed E-state index contributed by atoms with van der Waals surface area (Å²) in [6, 6.07) is 4.73. The lowest BCUT2D eigenvalue weighted by molar-refractivity contribution is 0.112. The Morgan fingerprint density at radius 3 is 2.67 bits per heavy atom. The minimum absolute atomic E-state index is 0.172. The summed E-state index contributed by atoms with van der Waals surface area (Å²) >= 11 is 11.4. The maximum Gasteiger partial charge on any atom is 0.208 e. The van der Waals surface area contributed by atoms with Gasteiger partial charge in [-0.25, -0.2) is 0 Å². The van der Waals surface area contributed by atoms with Gasteiger partial charge in [-0.3, -0.25) is 9.59 Å². The average Bonchev–Trinajstić information content (AvgIpc) is 2.17. The molecule has 3 nitrogen and oxygen atoms in total. The van der Waals surface area contributed by atoms with Crippen LogP contribution in [0.4, 0.5) is 0 Å². The van der Waals surface area contributed by atoms with Gasteiger partial charge in [0.2, 0.25) is 10.6 Å². The summed E-state index contributed by atoms with van der Waals surface area (Å²) in [5, 5.41) is 0.191.